The van der Waals surface area contributed by atoms with E-state index < -0.39 is 0 Å². The average molecular weight is 388 g/mol. The lowest BCUT2D eigenvalue weighted by Gasteiger charge is -2.26. The van der Waals surface area contributed by atoms with Crippen molar-refractivity contribution < 1.29 is 5.94 Å². The van der Waals surface area contributed by atoms with Crippen LogP contribution in [0.2, 0.25) is 0 Å². The first-order valence-electron chi connectivity index (χ1n) is 11.7. The monoisotopic (exact) mass is 387 g/mol. The molecule has 1 aromatic heterocycles. The van der Waals surface area contributed by atoms with E-state index in [4.69, 9.17) is 1.37 Å². The standard InChI is InChI=1S/C28H36N/c1-17-13-18(2)21(5)25(14-17)28-26-15-19(3)27(23-11-9-8-10-12-23)22(6)24(26)16-20(4)29(28)7/h13-16,23H,8-12H2,1-7H3/q+1/i16D. The van der Waals surface area contributed by atoms with Crippen LogP contribution in [0.5, 0.6) is 0 Å². The van der Waals surface area contributed by atoms with Gasteiger partial charge in [-0.25, -0.2) is 0 Å². The van der Waals surface area contributed by atoms with Crippen LogP contribution in [0.4, 0.5) is 0 Å². The summed E-state index contributed by atoms with van der Waals surface area (Å²) in [7, 11) is 2.12. The summed E-state index contributed by atoms with van der Waals surface area (Å²) in [4.78, 5) is 0. The first-order chi connectivity index (χ1) is 14.2. The predicted octanol–water partition coefficient (Wildman–Crippen LogP) is 7.23. The Hall–Kier alpha value is -2.15. The smallest absolute Gasteiger partial charge is 0.198 e. The van der Waals surface area contributed by atoms with Crippen molar-refractivity contribution in [2.24, 2.45) is 7.05 Å². The molecular formula is C28H36N+. The highest BCUT2D eigenvalue weighted by molar-refractivity contribution is 5.97. The molecule has 0 atom stereocenters. The summed E-state index contributed by atoms with van der Waals surface area (Å²) < 4.78 is 11.3. The van der Waals surface area contributed by atoms with Crippen molar-refractivity contribution in [2.75, 3.05) is 0 Å². The Morgan fingerprint density at radius 3 is 2.21 bits per heavy atom. The van der Waals surface area contributed by atoms with Crippen molar-refractivity contribution in [2.45, 2.75) is 79.6 Å². The van der Waals surface area contributed by atoms with Crippen LogP contribution in [-0.2, 0) is 7.05 Å². The minimum atomic E-state index is 0.656. The maximum Gasteiger partial charge on any atom is 0.220 e. The molecule has 0 N–H and O–H groups in total. The molecule has 1 fully saturated rings. The molecule has 1 nitrogen and oxygen atoms in total. The van der Waals surface area contributed by atoms with Gasteiger partial charge in [0.05, 0.1) is 12.3 Å². The van der Waals surface area contributed by atoms with Gasteiger partial charge in [0.25, 0.3) is 0 Å². The lowest BCUT2D eigenvalue weighted by Crippen LogP contribution is -2.35. The van der Waals surface area contributed by atoms with Crippen LogP contribution in [0.25, 0.3) is 22.0 Å². The molecule has 0 amide bonds. The third kappa shape index (κ3) is 3.39. The predicted molar refractivity (Wildman–Crippen MR) is 125 cm³/mol. The number of benzene rings is 2. The van der Waals surface area contributed by atoms with Crippen LogP contribution in [0.1, 0.15) is 78.5 Å². The Morgan fingerprint density at radius 2 is 1.52 bits per heavy atom. The van der Waals surface area contributed by atoms with Crippen LogP contribution in [0, 0.1) is 41.5 Å². The van der Waals surface area contributed by atoms with E-state index in [1.54, 1.807) is 0 Å². The van der Waals surface area contributed by atoms with E-state index in [0.717, 1.165) is 11.1 Å². The van der Waals surface area contributed by atoms with Gasteiger partial charge in [0.15, 0.2) is 5.69 Å². The topological polar surface area (TPSA) is 3.88 Å². The molecule has 0 aliphatic heterocycles. The number of rotatable bonds is 2. The van der Waals surface area contributed by atoms with Gasteiger partial charge in [0.1, 0.15) is 7.05 Å². The van der Waals surface area contributed by atoms with Gasteiger partial charge in [-0.15, -0.1) is 0 Å². The Bertz CT molecular complexity index is 1150. The largest absolute Gasteiger partial charge is 0.220 e. The van der Waals surface area contributed by atoms with Crippen LogP contribution in [0.3, 0.4) is 0 Å². The molecule has 4 rings (SSSR count). The Labute approximate surface area is 178 Å². The van der Waals surface area contributed by atoms with Gasteiger partial charge in [-0.3, -0.25) is 0 Å². The number of fused-ring (bicyclic) bond motifs is 1. The Balaban J connectivity index is 2.11. The zero-order chi connectivity index (χ0) is 21.7. The van der Waals surface area contributed by atoms with E-state index in [1.807, 2.05) is 0 Å². The normalized spacial score (nSPS) is 15.8. The van der Waals surface area contributed by atoms with Gasteiger partial charge in [-0.2, -0.15) is 4.57 Å². The molecule has 2 aromatic carbocycles. The molecule has 152 valence electrons. The highest BCUT2D eigenvalue weighted by atomic mass is 14.9. The highest BCUT2D eigenvalue weighted by Crippen LogP contribution is 2.41. The number of pyridine rings is 1. The summed E-state index contributed by atoms with van der Waals surface area (Å²) >= 11 is 0. The molecule has 0 radical (unpaired) electrons. The Morgan fingerprint density at radius 1 is 0.828 bits per heavy atom. The summed E-state index contributed by atoms with van der Waals surface area (Å²) in [6.07, 6.45) is 6.64. The minimum absolute atomic E-state index is 0.656. The maximum absolute atomic E-state index is 9.03. The van der Waals surface area contributed by atoms with E-state index in [2.05, 4.69) is 71.4 Å². The molecule has 29 heavy (non-hydrogen) atoms. The van der Waals surface area contributed by atoms with Crippen LogP contribution >= 0.6 is 0 Å². The molecule has 0 bridgehead atoms. The maximum atomic E-state index is 9.03. The number of hydrogen-bond donors (Lipinski definition) is 0. The summed E-state index contributed by atoms with van der Waals surface area (Å²) in [5.74, 6) is 0.656. The quantitative estimate of drug-likeness (QED) is 0.408. The molecule has 1 saturated carbocycles. The van der Waals surface area contributed by atoms with Gasteiger partial charge in [0.2, 0.25) is 5.69 Å². The molecule has 0 unspecified atom stereocenters. The lowest BCUT2D eigenvalue weighted by atomic mass is 9.78. The first-order valence-corrected chi connectivity index (χ1v) is 11.2. The fraction of sp³-hybridized carbons (Fsp3) is 0.464. The summed E-state index contributed by atoms with van der Waals surface area (Å²) in [6, 6.07) is 7.66. The van der Waals surface area contributed by atoms with Crippen molar-refractivity contribution in [3.05, 3.63) is 63.3 Å². The number of aromatic nitrogens is 1. The SMILES string of the molecule is [2H]c1c(C)[n+](C)c(-c2cc(C)cc(C)c2C)c2cc(C)c(C3CCCCC3)c(C)c12. The summed E-state index contributed by atoms with van der Waals surface area (Å²) in [5.41, 5.74) is 11.8. The third-order valence-corrected chi connectivity index (χ3v) is 7.31. The number of hydrogen-bond acceptors (Lipinski definition) is 0. The molecule has 1 aliphatic carbocycles. The molecule has 0 saturated heterocycles. The van der Waals surface area contributed by atoms with Crippen molar-refractivity contribution in [1.29, 1.82) is 0 Å². The van der Waals surface area contributed by atoms with Gasteiger partial charge >= 0.3 is 0 Å². The fourth-order valence-corrected chi connectivity index (χ4v) is 5.59. The van der Waals surface area contributed by atoms with E-state index in [-0.39, 0.29) is 0 Å². The van der Waals surface area contributed by atoms with E-state index >= 15 is 0 Å². The Kier molecular flexibility index (Phi) is 4.94. The summed E-state index contributed by atoms with van der Waals surface area (Å²) in [5, 5.41) is 2.39. The van der Waals surface area contributed by atoms with E-state index in [9.17, 15) is 0 Å². The zero-order valence-corrected chi connectivity index (χ0v) is 19.3. The third-order valence-electron chi connectivity index (χ3n) is 7.31. The minimum Gasteiger partial charge on any atom is -0.198 e. The van der Waals surface area contributed by atoms with Gasteiger partial charge in [-0.1, -0.05) is 30.9 Å². The average Bonchev–Trinajstić information content (AvgIpc) is 2.70. The van der Waals surface area contributed by atoms with Crippen molar-refractivity contribution in [1.82, 2.24) is 0 Å². The van der Waals surface area contributed by atoms with Crippen LogP contribution in [0.15, 0.2) is 24.2 Å². The molecule has 1 heteroatoms. The second-order valence-electron chi connectivity index (χ2n) is 9.36. The van der Waals surface area contributed by atoms with Crippen LogP contribution < -0.4 is 4.57 Å². The zero-order valence-electron chi connectivity index (χ0n) is 20.3. The van der Waals surface area contributed by atoms with E-state index in [0.29, 0.717) is 12.0 Å². The van der Waals surface area contributed by atoms with Gasteiger partial charge < -0.3 is 0 Å². The molecule has 0 spiro atoms. The van der Waals surface area contributed by atoms with Crippen molar-refractivity contribution in [3.63, 3.8) is 0 Å². The van der Waals surface area contributed by atoms with Crippen molar-refractivity contribution in [3.8, 4) is 11.3 Å². The second-order valence-corrected chi connectivity index (χ2v) is 9.36. The highest BCUT2D eigenvalue weighted by Gasteiger charge is 2.26. The van der Waals surface area contributed by atoms with Gasteiger partial charge in [0, 0.05) is 13.0 Å². The summed E-state index contributed by atoms with van der Waals surface area (Å²) in [6.45, 7) is 13.3. The van der Waals surface area contributed by atoms with Gasteiger partial charge in [-0.05, 0) is 98.7 Å². The fourth-order valence-electron chi connectivity index (χ4n) is 5.59. The second kappa shape index (κ2) is 7.59. The van der Waals surface area contributed by atoms with Crippen LogP contribution in [-0.4, -0.2) is 0 Å². The lowest BCUT2D eigenvalue weighted by molar-refractivity contribution is -0.665. The van der Waals surface area contributed by atoms with Crippen molar-refractivity contribution >= 4 is 10.8 Å². The number of nitrogens with zero attached hydrogens (tertiary/aromatic N) is 1. The molecular weight excluding hydrogens is 350 g/mol. The first kappa shape index (κ1) is 18.9. The molecule has 1 heterocycles. The molecule has 1 aliphatic rings. The molecule has 3 aromatic rings. The van der Waals surface area contributed by atoms with E-state index in [1.165, 1.54) is 82.1 Å². The number of aryl methyl sites for hydroxylation is 4.